The first kappa shape index (κ1) is 21.3. The molecule has 0 radical (unpaired) electrons. The Kier molecular flexibility index (Phi) is 10.4. The fraction of sp³-hybridized carbons (Fsp3) is 0.364. The van der Waals surface area contributed by atoms with Crippen LogP contribution in [-0.2, 0) is 22.1 Å². The summed E-state index contributed by atoms with van der Waals surface area (Å²) in [6, 6.07) is 18.8. The van der Waals surface area contributed by atoms with Gasteiger partial charge in [-0.05, 0) is 55.5 Å². The van der Waals surface area contributed by atoms with Crippen LogP contribution in [0.25, 0.3) is 0 Å². The van der Waals surface area contributed by atoms with Gasteiger partial charge in [0.2, 0.25) is 0 Å². The summed E-state index contributed by atoms with van der Waals surface area (Å²) >= 11 is 0. The highest BCUT2D eigenvalue weighted by Gasteiger charge is 2.09. The Morgan fingerprint density at radius 3 is 2.48 bits per heavy atom. The maximum Gasteiger partial charge on any atom is 0.694 e. The summed E-state index contributed by atoms with van der Waals surface area (Å²) in [6.07, 6.45) is 5.04. The van der Waals surface area contributed by atoms with Crippen LogP contribution in [0.3, 0.4) is 0 Å². The second kappa shape index (κ2) is 13.2. The van der Waals surface area contributed by atoms with Crippen LogP contribution in [0, 0.1) is 11.8 Å². The molecule has 2 aromatic rings. The summed E-state index contributed by atoms with van der Waals surface area (Å²) in [4.78, 5) is 8.52. The molecule has 0 saturated carbocycles. The van der Waals surface area contributed by atoms with Crippen LogP contribution in [-0.4, -0.2) is 18.0 Å². The van der Waals surface area contributed by atoms with E-state index in [-0.39, 0.29) is 0 Å². The second-order valence-electron chi connectivity index (χ2n) is 6.29. The van der Waals surface area contributed by atoms with Crippen LogP contribution in [0.2, 0.25) is 0 Å². The zero-order valence-electron chi connectivity index (χ0n) is 15.6. The molecule has 4 nitrogen and oxygen atoms in total. The molecule has 1 unspecified atom stereocenters. The number of unbranched alkanes of at least 4 members (excludes halogenated alkanes) is 2. The number of benzene rings is 2. The van der Waals surface area contributed by atoms with Gasteiger partial charge in [-0.2, -0.15) is 0 Å². The smallest absolute Gasteiger partial charge is 0.313 e. The SMILES string of the molecule is O=[P+](O)OCCCNCc1ccc(C#CCCCCc2ccccc2)cc1. The van der Waals surface area contributed by atoms with Crippen LogP contribution in [0.15, 0.2) is 54.6 Å². The highest BCUT2D eigenvalue weighted by atomic mass is 31.1. The number of hydrogen-bond acceptors (Lipinski definition) is 3. The predicted molar refractivity (Wildman–Crippen MR) is 109 cm³/mol. The quantitative estimate of drug-likeness (QED) is 0.338. The van der Waals surface area contributed by atoms with Gasteiger partial charge in [0.05, 0.1) is 0 Å². The summed E-state index contributed by atoms with van der Waals surface area (Å²) < 4.78 is 15.0. The molecule has 0 bridgehead atoms. The zero-order valence-corrected chi connectivity index (χ0v) is 16.5. The molecule has 0 aliphatic rings. The number of nitrogens with one attached hydrogen (secondary N) is 1. The van der Waals surface area contributed by atoms with Crippen molar-refractivity contribution in [1.29, 1.82) is 0 Å². The molecule has 27 heavy (non-hydrogen) atoms. The molecule has 0 heterocycles. The molecule has 2 N–H and O–H groups in total. The molecule has 0 amide bonds. The van der Waals surface area contributed by atoms with Crippen molar-refractivity contribution in [3.05, 3.63) is 71.3 Å². The van der Waals surface area contributed by atoms with Gasteiger partial charge in [-0.25, -0.2) is 0 Å². The Morgan fingerprint density at radius 2 is 1.74 bits per heavy atom. The lowest BCUT2D eigenvalue weighted by molar-refractivity contribution is 0.276. The lowest BCUT2D eigenvalue weighted by Crippen LogP contribution is -2.15. The van der Waals surface area contributed by atoms with Crippen LogP contribution >= 0.6 is 8.25 Å². The van der Waals surface area contributed by atoms with Gasteiger partial charge in [-0.1, -0.05) is 54.3 Å². The highest BCUT2D eigenvalue weighted by Crippen LogP contribution is 2.13. The summed E-state index contributed by atoms with van der Waals surface area (Å²) in [5.74, 6) is 6.49. The minimum atomic E-state index is -2.48. The lowest BCUT2D eigenvalue weighted by Gasteiger charge is -2.03. The van der Waals surface area contributed by atoms with E-state index in [1.165, 1.54) is 17.5 Å². The Labute approximate surface area is 162 Å². The standard InChI is InChI=1S/C22H26NO3P/c24-27(25)26-18-8-17-23-19-22-15-13-21(14-16-22)12-5-2-1-4-9-20-10-6-3-7-11-20/h3,6-7,10-11,13-16,23H,1-2,4,8-9,17-19H2/p+1. The van der Waals surface area contributed by atoms with Crippen molar-refractivity contribution < 1.29 is 14.0 Å². The maximum absolute atomic E-state index is 10.4. The average molecular weight is 384 g/mol. The van der Waals surface area contributed by atoms with Crippen molar-refractivity contribution in [2.24, 2.45) is 0 Å². The minimum absolute atomic E-state index is 0.290. The van der Waals surface area contributed by atoms with Gasteiger partial charge < -0.3 is 5.32 Å². The number of hydrogen-bond donors (Lipinski definition) is 2. The first-order valence-electron chi connectivity index (χ1n) is 9.35. The normalized spacial score (nSPS) is 10.9. The van der Waals surface area contributed by atoms with Gasteiger partial charge in [0.1, 0.15) is 6.61 Å². The van der Waals surface area contributed by atoms with Crippen LogP contribution in [0.1, 0.15) is 42.4 Å². The third-order valence-corrected chi connectivity index (χ3v) is 4.48. The molecule has 2 aromatic carbocycles. The molecule has 0 aliphatic heterocycles. The monoisotopic (exact) mass is 384 g/mol. The predicted octanol–water partition coefficient (Wildman–Crippen LogP) is 4.60. The molecule has 0 aromatic heterocycles. The van der Waals surface area contributed by atoms with Gasteiger partial charge in [0.15, 0.2) is 0 Å². The summed E-state index contributed by atoms with van der Waals surface area (Å²) in [6.45, 7) is 1.80. The third kappa shape index (κ3) is 10.0. The molecule has 2 rings (SSSR count). The van der Waals surface area contributed by atoms with E-state index >= 15 is 0 Å². The molecule has 0 spiro atoms. The molecule has 5 heteroatoms. The molecule has 142 valence electrons. The summed E-state index contributed by atoms with van der Waals surface area (Å²) in [7, 11) is -2.48. The van der Waals surface area contributed by atoms with Crippen molar-refractivity contribution in [1.82, 2.24) is 5.32 Å². The van der Waals surface area contributed by atoms with Crippen molar-refractivity contribution in [2.75, 3.05) is 13.2 Å². The van der Waals surface area contributed by atoms with Gasteiger partial charge >= 0.3 is 8.25 Å². The Balaban J connectivity index is 1.58. The first-order chi connectivity index (χ1) is 13.2. The van der Waals surface area contributed by atoms with Crippen molar-refractivity contribution in [3.8, 4) is 11.8 Å². The van der Waals surface area contributed by atoms with Gasteiger partial charge in [-0.15, -0.1) is 9.42 Å². The summed E-state index contributed by atoms with van der Waals surface area (Å²) in [5, 5.41) is 3.28. The molecular formula is C22H27NO3P+. The Hall–Kier alpha value is -2.02. The average Bonchev–Trinajstić information content (AvgIpc) is 2.69. The fourth-order valence-electron chi connectivity index (χ4n) is 2.63. The molecule has 1 atom stereocenters. The van der Waals surface area contributed by atoms with Crippen LogP contribution in [0.5, 0.6) is 0 Å². The topological polar surface area (TPSA) is 58.6 Å². The van der Waals surface area contributed by atoms with E-state index in [0.717, 1.165) is 37.9 Å². The highest BCUT2D eigenvalue weighted by molar-refractivity contribution is 7.32. The minimum Gasteiger partial charge on any atom is -0.313 e. The van der Waals surface area contributed by atoms with Gasteiger partial charge in [0, 0.05) is 23.1 Å². The lowest BCUT2D eigenvalue weighted by atomic mass is 10.1. The number of aryl methyl sites for hydroxylation is 1. The maximum atomic E-state index is 10.4. The molecule has 0 saturated heterocycles. The van der Waals surface area contributed by atoms with Gasteiger partial charge in [-0.3, -0.25) is 0 Å². The summed E-state index contributed by atoms with van der Waals surface area (Å²) in [5.41, 5.74) is 3.63. The van der Waals surface area contributed by atoms with E-state index < -0.39 is 8.25 Å². The van der Waals surface area contributed by atoms with Crippen molar-refractivity contribution in [3.63, 3.8) is 0 Å². The zero-order chi connectivity index (χ0) is 19.2. The van der Waals surface area contributed by atoms with Gasteiger partial charge in [0.25, 0.3) is 0 Å². The van der Waals surface area contributed by atoms with Crippen molar-refractivity contribution in [2.45, 2.75) is 38.6 Å². The third-order valence-electron chi connectivity index (χ3n) is 4.08. The Bertz CT molecular complexity index is 736. The Morgan fingerprint density at radius 1 is 0.963 bits per heavy atom. The van der Waals surface area contributed by atoms with Crippen LogP contribution in [0.4, 0.5) is 0 Å². The fourth-order valence-corrected chi connectivity index (χ4v) is 2.92. The van der Waals surface area contributed by atoms with E-state index in [2.05, 4.69) is 64.1 Å². The van der Waals surface area contributed by atoms with E-state index in [4.69, 9.17) is 4.89 Å². The molecule has 0 fully saturated rings. The van der Waals surface area contributed by atoms with E-state index in [1.807, 2.05) is 12.1 Å². The largest absolute Gasteiger partial charge is 0.694 e. The molecule has 0 aliphatic carbocycles. The van der Waals surface area contributed by atoms with Crippen molar-refractivity contribution >= 4 is 8.25 Å². The van der Waals surface area contributed by atoms with E-state index in [0.29, 0.717) is 13.0 Å². The van der Waals surface area contributed by atoms with Crippen LogP contribution < -0.4 is 5.32 Å². The number of rotatable bonds is 11. The molecular weight excluding hydrogens is 357 g/mol. The second-order valence-corrected chi connectivity index (χ2v) is 7.03. The van der Waals surface area contributed by atoms with E-state index in [1.54, 1.807) is 0 Å². The van der Waals surface area contributed by atoms with E-state index in [9.17, 15) is 4.57 Å². The first-order valence-corrected chi connectivity index (χ1v) is 10.5.